The van der Waals surface area contributed by atoms with Crippen LogP contribution in [0.25, 0.3) is 11.1 Å². The van der Waals surface area contributed by atoms with Crippen molar-refractivity contribution in [1.29, 1.82) is 0 Å². The zero-order valence-corrected chi connectivity index (χ0v) is 16.5. The minimum absolute atomic E-state index is 0.107. The summed E-state index contributed by atoms with van der Waals surface area (Å²) in [4.78, 5) is 23.8. The van der Waals surface area contributed by atoms with Crippen LogP contribution in [-0.2, 0) is 4.79 Å². The summed E-state index contributed by atoms with van der Waals surface area (Å²) in [6, 6.07) is 22.2. The number of carbonyl (C=O) groups excluding carboxylic acids is 2. The lowest BCUT2D eigenvalue weighted by Crippen LogP contribution is -2.49. The van der Waals surface area contributed by atoms with E-state index in [2.05, 4.69) is 16.2 Å². The predicted molar refractivity (Wildman–Crippen MR) is 115 cm³/mol. The first-order valence-corrected chi connectivity index (χ1v) is 9.36. The molecule has 0 aliphatic rings. The first kappa shape index (κ1) is 20.9. The van der Waals surface area contributed by atoms with Crippen LogP contribution in [0.15, 0.2) is 78.9 Å². The van der Waals surface area contributed by atoms with Gasteiger partial charge in [-0.2, -0.15) is 0 Å². The summed E-state index contributed by atoms with van der Waals surface area (Å²) >= 11 is 4.94. The normalized spacial score (nSPS) is 10.0. The SMILES string of the molecule is O=C(COc1ccc(-c2ccccc2)cc1)NNC(=S)NC(=O)c1ccc(F)cc1. The van der Waals surface area contributed by atoms with Crippen molar-refractivity contribution < 1.29 is 18.7 Å². The third kappa shape index (κ3) is 6.11. The molecule has 3 rings (SSSR count). The third-order valence-electron chi connectivity index (χ3n) is 3.98. The van der Waals surface area contributed by atoms with Gasteiger partial charge in [-0.25, -0.2) is 4.39 Å². The monoisotopic (exact) mass is 423 g/mol. The van der Waals surface area contributed by atoms with Gasteiger partial charge in [-0.15, -0.1) is 0 Å². The Balaban J connectivity index is 1.40. The van der Waals surface area contributed by atoms with Crippen molar-refractivity contribution in [3.63, 3.8) is 0 Å². The number of benzene rings is 3. The lowest BCUT2D eigenvalue weighted by Gasteiger charge is -2.11. The molecule has 3 N–H and O–H groups in total. The Morgan fingerprint density at radius 1 is 0.833 bits per heavy atom. The minimum Gasteiger partial charge on any atom is -0.484 e. The molecule has 2 amide bonds. The number of thiocarbonyl (C=S) groups is 1. The van der Waals surface area contributed by atoms with E-state index < -0.39 is 17.6 Å². The number of amides is 2. The smallest absolute Gasteiger partial charge is 0.276 e. The van der Waals surface area contributed by atoms with Crippen molar-refractivity contribution >= 4 is 29.1 Å². The fraction of sp³-hybridized carbons (Fsp3) is 0.0455. The number of rotatable bonds is 5. The molecule has 0 unspecified atom stereocenters. The van der Waals surface area contributed by atoms with Crippen molar-refractivity contribution in [2.75, 3.05) is 6.61 Å². The standard InChI is InChI=1S/C22H18FN3O3S/c23-18-10-6-17(7-11-18)21(28)24-22(30)26-25-20(27)14-29-19-12-8-16(9-13-19)15-4-2-1-3-5-15/h1-13H,14H2,(H,25,27)(H2,24,26,28,30). The minimum atomic E-state index is -0.531. The first-order chi connectivity index (χ1) is 14.5. The summed E-state index contributed by atoms with van der Waals surface area (Å²) in [6.07, 6.45) is 0. The number of hydrazine groups is 1. The maximum absolute atomic E-state index is 12.9. The first-order valence-electron chi connectivity index (χ1n) is 8.95. The molecule has 0 saturated carbocycles. The van der Waals surface area contributed by atoms with E-state index in [4.69, 9.17) is 17.0 Å². The number of halogens is 1. The summed E-state index contributed by atoms with van der Waals surface area (Å²) in [5.74, 6) is -0.928. The average molecular weight is 423 g/mol. The van der Waals surface area contributed by atoms with E-state index in [1.807, 2.05) is 42.5 Å². The zero-order chi connectivity index (χ0) is 21.3. The van der Waals surface area contributed by atoms with Crippen LogP contribution in [0.2, 0.25) is 0 Å². The Morgan fingerprint density at radius 3 is 2.13 bits per heavy atom. The molecule has 0 bridgehead atoms. The van der Waals surface area contributed by atoms with Gasteiger partial charge in [-0.1, -0.05) is 42.5 Å². The largest absolute Gasteiger partial charge is 0.484 e. The topological polar surface area (TPSA) is 79.5 Å². The van der Waals surface area contributed by atoms with Crippen molar-refractivity contribution in [2.45, 2.75) is 0 Å². The maximum Gasteiger partial charge on any atom is 0.276 e. The van der Waals surface area contributed by atoms with Gasteiger partial charge >= 0.3 is 0 Å². The van der Waals surface area contributed by atoms with Gasteiger partial charge < -0.3 is 4.74 Å². The van der Waals surface area contributed by atoms with Gasteiger partial charge in [-0.3, -0.25) is 25.8 Å². The van der Waals surface area contributed by atoms with Gasteiger partial charge in [0.25, 0.3) is 11.8 Å². The number of ether oxygens (including phenoxy) is 1. The van der Waals surface area contributed by atoms with Gasteiger partial charge in [0.2, 0.25) is 0 Å². The number of hydrogen-bond donors (Lipinski definition) is 3. The molecule has 30 heavy (non-hydrogen) atoms. The number of carbonyl (C=O) groups is 2. The predicted octanol–water partition coefficient (Wildman–Crippen LogP) is 3.21. The van der Waals surface area contributed by atoms with E-state index in [0.717, 1.165) is 23.3 Å². The Hall–Kier alpha value is -3.78. The van der Waals surface area contributed by atoms with Crippen LogP contribution in [0.1, 0.15) is 10.4 Å². The van der Waals surface area contributed by atoms with E-state index in [-0.39, 0.29) is 17.3 Å². The summed E-state index contributed by atoms with van der Waals surface area (Å²) in [7, 11) is 0. The second-order valence-electron chi connectivity index (χ2n) is 6.14. The van der Waals surface area contributed by atoms with Crippen LogP contribution in [0.5, 0.6) is 5.75 Å². The Morgan fingerprint density at radius 2 is 1.47 bits per heavy atom. The Kier molecular flexibility index (Phi) is 7.07. The number of hydrogen-bond acceptors (Lipinski definition) is 4. The van der Waals surface area contributed by atoms with Gasteiger partial charge in [0, 0.05) is 5.56 Å². The molecule has 0 spiro atoms. The van der Waals surface area contributed by atoms with Crippen LogP contribution in [0.4, 0.5) is 4.39 Å². The summed E-state index contributed by atoms with van der Waals surface area (Å²) < 4.78 is 18.3. The van der Waals surface area contributed by atoms with Crippen LogP contribution in [-0.4, -0.2) is 23.5 Å². The quantitative estimate of drug-likeness (QED) is 0.434. The molecule has 8 heteroatoms. The molecule has 0 atom stereocenters. The number of nitrogens with one attached hydrogen (secondary N) is 3. The molecular weight excluding hydrogens is 405 g/mol. The highest BCUT2D eigenvalue weighted by molar-refractivity contribution is 7.80. The fourth-order valence-corrected chi connectivity index (χ4v) is 2.64. The zero-order valence-electron chi connectivity index (χ0n) is 15.7. The van der Waals surface area contributed by atoms with E-state index in [0.29, 0.717) is 5.75 Å². The van der Waals surface area contributed by atoms with E-state index in [1.54, 1.807) is 12.1 Å². The second-order valence-corrected chi connectivity index (χ2v) is 6.55. The molecule has 0 fully saturated rings. The molecule has 0 aliphatic carbocycles. The molecular formula is C22H18FN3O3S. The van der Waals surface area contributed by atoms with Crippen LogP contribution in [0.3, 0.4) is 0 Å². The molecule has 152 valence electrons. The highest BCUT2D eigenvalue weighted by Gasteiger charge is 2.09. The Bertz CT molecular complexity index is 1030. The molecule has 3 aromatic rings. The second kappa shape index (κ2) is 10.1. The van der Waals surface area contributed by atoms with Crippen LogP contribution >= 0.6 is 12.2 Å². The molecule has 0 saturated heterocycles. The van der Waals surface area contributed by atoms with Gasteiger partial charge in [0.1, 0.15) is 11.6 Å². The van der Waals surface area contributed by atoms with Crippen LogP contribution < -0.4 is 20.9 Å². The van der Waals surface area contributed by atoms with Gasteiger partial charge in [0.15, 0.2) is 11.7 Å². The highest BCUT2D eigenvalue weighted by Crippen LogP contribution is 2.21. The molecule has 6 nitrogen and oxygen atoms in total. The van der Waals surface area contributed by atoms with Crippen molar-refractivity contribution in [3.05, 3.63) is 90.2 Å². The third-order valence-corrected chi connectivity index (χ3v) is 4.18. The van der Waals surface area contributed by atoms with E-state index >= 15 is 0 Å². The maximum atomic E-state index is 12.9. The van der Waals surface area contributed by atoms with Crippen LogP contribution in [0, 0.1) is 5.82 Å². The van der Waals surface area contributed by atoms with Gasteiger partial charge in [-0.05, 0) is 59.7 Å². The van der Waals surface area contributed by atoms with Gasteiger partial charge in [0.05, 0.1) is 0 Å². The molecule has 3 aromatic carbocycles. The molecule has 0 heterocycles. The van der Waals surface area contributed by atoms with Crippen molar-refractivity contribution in [3.8, 4) is 16.9 Å². The Labute approximate surface area is 178 Å². The summed E-state index contributed by atoms with van der Waals surface area (Å²) in [6.45, 7) is -0.244. The fourth-order valence-electron chi connectivity index (χ4n) is 2.49. The summed E-state index contributed by atoms with van der Waals surface area (Å²) in [5, 5.41) is 2.26. The van der Waals surface area contributed by atoms with E-state index in [9.17, 15) is 14.0 Å². The lowest BCUT2D eigenvalue weighted by molar-refractivity contribution is -0.123. The molecule has 0 aliphatic heterocycles. The average Bonchev–Trinajstić information content (AvgIpc) is 2.77. The van der Waals surface area contributed by atoms with E-state index in [1.165, 1.54) is 12.1 Å². The lowest BCUT2D eigenvalue weighted by atomic mass is 10.1. The van der Waals surface area contributed by atoms with Crippen molar-refractivity contribution in [2.24, 2.45) is 0 Å². The summed E-state index contributed by atoms with van der Waals surface area (Å²) in [5.41, 5.74) is 7.09. The molecule has 0 aromatic heterocycles. The molecule has 0 radical (unpaired) electrons. The van der Waals surface area contributed by atoms with Crippen molar-refractivity contribution in [1.82, 2.24) is 16.2 Å². The highest BCUT2D eigenvalue weighted by atomic mass is 32.1.